The number of likely N-dealkylation sites (tertiary alicyclic amines) is 1. The van der Waals surface area contributed by atoms with Crippen LogP contribution in [0.25, 0.3) is 11.3 Å². The zero-order chi connectivity index (χ0) is 26.9. The summed E-state index contributed by atoms with van der Waals surface area (Å²) in [5.41, 5.74) is 3.71. The minimum absolute atomic E-state index is 0.0183. The molecule has 37 heavy (non-hydrogen) atoms. The van der Waals surface area contributed by atoms with Gasteiger partial charge in [0.15, 0.2) is 12.2 Å². The number of β-amino-alcohol motifs (C(OH)–C–C–N with tert-alkyl or cyclic N) is 1. The predicted octanol–water partition coefficient (Wildman–Crippen LogP) is 3.41. The summed E-state index contributed by atoms with van der Waals surface area (Å²) < 4.78 is 7.18. The Kier molecular flexibility index (Phi) is 7.87. The van der Waals surface area contributed by atoms with E-state index in [4.69, 9.17) is 4.42 Å². The van der Waals surface area contributed by atoms with E-state index in [0.29, 0.717) is 13.0 Å². The molecular formula is C28H39N5O4. The van der Waals surface area contributed by atoms with Crippen molar-refractivity contribution in [1.29, 1.82) is 0 Å². The van der Waals surface area contributed by atoms with Gasteiger partial charge < -0.3 is 19.5 Å². The molecule has 0 bridgehead atoms. The number of rotatable bonds is 8. The number of nitrogens with zero attached hydrogens (tertiary/aromatic N) is 4. The molecule has 1 aliphatic rings. The SMILES string of the molecule is Cc1ncoc1-c1ccc(CNC(O)C2CC(O)CN2C(=O)C(C(C)C)n2cc(C(C)(C)C)cn2)cc1. The first-order chi connectivity index (χ1) is 17.5. The first-order valence-electron chi connectivity index (χ1n) is 12.9. The molecule has 3 aromatic rings. The van der Waals surface area contributed by atoms with E-state index in [0.717, 1.165) is 28.1 Å². The summed E-state index contributed by atoms with van der Waals surface area (Å²) in [6, 6.07) is 6.76. The van der Waals surface area contributed by atoms with E-state index in [-0.39, 0.29) is 23.8 Å². The van der Waals surface area contributed by atoms with Crippen LogP contribution >= 0.6 is 0 Å². The van der Waals surface area contributed by atoms with E-state index in [1.807, 2.05) is 57.4 Å². The molecule has 4 atom stereocenters. The maximum absolute atomic E-state index is 13.8. The van der Waals surface area contributed by atoms with Crippen LogP contribution in [0.15, 0.2) is 47.5 Å². The molecule has 0 radical (unpaired) electrons. The lowest BCUT2D eigenvalue weighted by Crippen LogP contribution is -2.51. The van der Waals surface area contributed by atoms with Crippen molar-refractivity contribution in [3.8, 4) is 11.3 Å². The Labute approximate surface area is 218 Å². The van der Waals surface area contributed by atoms with Crippen molar-refractivity contribution in [3.63, 3.8) is 0 Å². The molecule has 4 rings (SSSR count). The summed E-state index contributed by atoms with van der Waals surface area (Å²) in [5, 5.41) is 29.1. The fraction of sp³-hybridized carbons (Fsp3) is 0.536. The number of carbonyl (C=O) groups excluding carboxylic acids is 1. The molecule has 1 amide bonds. The van der Waals surface area contributed by atoms with E-state index in [9.17, 15) is 15.0 Å². The van der Waals surface area contributed by atoms with Crippen molar-refractivity contribution in [1.82, 2.24) is 25.0 Å². The summed E-state index contributed by atoms with van der Waals surface area (Å²) >= 11 is 0. The van der Waals surface area contributed by atoms with Crippen LogP contribution < -0.4 is 5.32 Å². The third kappa shape index (κ3) is 5.95. The van der Waals surface area contributed by atoms with Crippen molar-refractivity contribution in [2.75, 3.05) is 6.54 Å². The van der Waals surface area contributed by atoms with Crippen LogP contribution in [0.3, 0.4) is 0 Å². The van der Waals surface area contributed by atoms with Crippen LogP contribution in [0.5, 0.6) is 0 Å². The first kappa shape index (κ1) is 27.0. The zero-order valence-electron chi connectivity index (χ0n) is 22.5. The Morgan fingerprint density at radius 2 is 1.95 bits per heavy atom. The zero-order valence-corrected chi connectivity index (χ0v) is 22.5. The Morgan fingerprint density at radius 3 is 2.51 bits per heavy atom. The van der Waals surface area contributed by atoms with E-state index < -0.39 is 24.4 Å². The number of aliphatic hydroxyl groups excluding tert-OH is 2. The van der Waals surface area contributed by atoms with Crippen molar-refractivity contribution in [2.45, 2.75) is 84.3 Å². The van der Waals surface area contributed by atoms with E-state index >= 15 is 0 Å². The Hall–Kier alpha value is -3.01. The predicted molar refractivity (Wildman–Crippen MR) is 140 cm³/mol. The lowest BCUT2D eigenvalue weighted by Gasteiger charge is -2.33. The molecule has 1 saturated heterocycles. The lowest BCUT2D eigenvalue weighted by molar-refractivity contribution is -0.140. The number of hydrogen-bond donors (Lipinski definition) is 3. The van der Waals surface area contributed by atoms with E-state index in [1.54, 1.807) is 9.58 Å². The molecule has 4 unspecified atom stereocenters. The molecule has 2 aromatic heterocycles. The Bertz CT molecular complexity index is 1190. The molecule has 9 heteroatoms. The van der Waals surface area contributed by atoms with Gasteiger partial charge in [-0.3, -0.25) is 14.8 Å². The average Bonchev–Trinajstić information content (AvgIpc) is 3.57. The summed E-state index contributed by atoms with van der Waals surface area (Å²) in [6.45, 7) is 12.8. The molecule has 9 nitrogen and oxygen atoms in total. The topological polar surface area (TPSA) is 117 Å². The van der Waals surface area contributed by atoms with Gasteiger partial charge in [-0.2, -0.15) is 5.10 Å². The van der Waals surface area contributed by atoms with Gasteiger partial charge in [0.25, 0.3) is 0 Å². The van der Waals surface area contributed by atoms with Gasteiger partial charge in [-0.05, 0) is 35.8 Å². The molecule has 3 N–H and O–H groups in total. The van der Waals surface area contributed by atoms with Crippen molar-refractivity contribution in [3.05, 3.63) is 59.9 Å². The Balaban J connectivity index is 1.44. The van der Waals surface area contributed by atoms with Gasteiger partial charge in [-0.15, -0.1) is 0 Å². The molecule has 1 aromatic carbocycles. The van der Waals surface area contributed by atoms with Crippen molar-refractivity contribution in [2.24, 2.45) is 5.92 Å². The molecule has 0 saturated carbocycles. The molecule has 0 aliphatic carbocycles. The Morgan fingerprint density at radius 1 is 1.24 bits per heavy atom. The van der Waals surface area contributed by atoms with Gasteiger partial charge >= 0.3 is 0 Å². The summed E-state index contributed by atoms with van der Waals surface area (Å²) in [7, 11) is 0. The first-order valence-corrected chi connectivity index (χ1v) is 12.9. The second-order valence-electron chi connectivity index (χ2n) is 11.4. The highest BCUT2D eigenvalue weighted by Gasteiger charge is 2.42. The fourth-order valence-corrected chi connectivity index (χ4v) is 4.86. The smallest absolute Gasteiger partial charge is 0.248 e. The second-order valence-corrected chi connectivity index (χ2v) is 11.4. The number of oxazole rings is 1. The van der Waals surface area contributed by atoms with Gasteiger partial charge in [0.05, 0.1) is 24.0 Å². The van der Waals surface area contributed by atoms with Crippen molar-refractivity contribution >= 4 is 5.91 Å². The standard InChI is InChI=1S/C28H39N5O4/c1-17(2)24(33-14-21(13-31-33)28(4,5)6)27(36)32-15-22(34)11-23(32)26(35)29-12-19-7-9-20(10-8-19)25-18(3)30-16-37-25/h7-10,13-14,16-17,22-24,26,29,34-35H,11-12,15H2,1-6H3. The van der Waals surface area contributed by atoms with Gasteiger partial charge in [0.1, 0.15) is 12.3 Å². The highest BCUT2D eigenvalue weighted by molar-refractivity contribution is 5.81. The minimum Gasteiger partial charge on any atom is -0.443 e. The third-order valence-corrected chi connectivity index (χ3v) is 7.08. The van der Waals surface area contributed by atoms with Gasteiger partial charge in [-0.1, -0.05) is 58.9 Å². The number of aryl methyl sites for hydroxylation is 1. The van der Waals surface area contributed by atoms with Gasteiger partial charge in [0, 0.05) is 24.8 Å². The normalized spacial score (nSPS) is 20.0. The second kappa shape index (κ2) is 10.8. The number of carbonyl (C=O) groups is 1. The fourth-order valence-electron chi connectivity index (χ4n) is 4.86. The summed E-state index contributed by atoms with van der Waals surface area (Å²) in [6.07, 6.45) is 3.80. The highest BCUT2D eigenvalue weighted by Crippen LogP contribution is 2.30. The van der Waals surface area contributed by atoms with Crippen LogP contribution in [0, 0.1) is 12.8 Å². The number of hydrogen-bond acceptors (Lipinski definition) is 7. The monoisotopic (exact) mass is 509 g/mol. The summed E-state index contributed by atoms with van der Waals surface area (Å²) in [4.78, 5) is 19.5. The van der Waals surface area contributed by atoms with Gasteiger partial charge in [0.2, 0.25) is 5.91 Å². The molecule has 0 spiro atoms. The van der Waals surface area contributed by atoms with E-state index in [1.165, 1.54) is 6.39 Å². The number of aliphatic hydroxyl groups is 2. The van der Waals surface area contributed by atoms with Gasteiger partial charge in [-0.25, -0.2) is 4.98 Å². The van der Waals surface area contributed by atoms with Crippen LogP contribution in [0.2, 0.25) is 0 Å². The molecular weight excluding hydrogens is 470 g/mol. The maximum Gasteiger partial charge on any atom is 0.248 e. The average molecular weight is 510 g/mol. The lowest BCUT2D eigenvalue weighted by atomic mass is 9.90. The molecule has 1 aliphatic heterocycles. The van der Waals surface area contributed by atoms with Crippen LogP contribution in [0.4, 0.5) is 0 Å². The maximum atomic E-state index is 13.8. The largest absolute Gasteiger partial charge is 0.443 e. The van der Waals surface area contributed by atoms with Crippen LogP contribution in [0.1, 0.15) is 63.9 Å². The van der Waals surface area contributed by atoms with E-state index in [2.05, 4.69) is 36.2 Å². The number of benzene rings is 1. The highest BCUT2D eigenvalue weighted by atomic mass is 16.3. The van der Waals surface area contributed by atoms with Crippen LogP contribution in [-0.4, -0.2) is 60.7 Å². The third-order valence-electron chi connectivity index (χ3n) is 7.08. The summed E-state index contributed by atoms with van der Waals surface area (Å²) in [5.74, 6) is 0.572. The number of amides is 1. The molecule has 200 valence electrons. The van der Waals surface area contributed by atoms with Crippen LogP contribution in [-0.2, 0) is 16.8 Å². The van der Waals surface area contributed by atoms with Crippen molar-refractivity contribution < 1.29 is 19.4 Å². The number of aromatic nitrogens is 3. The quantitative estimate of drug-likeness (QED) is 0.399. The molecule has 3 heterocycles. The number of nitrogens with one attached hydrogen (secondary N) is 1. The minimum atomic E-state index is -0.993. The molecule has 1 fully saturated rings.